The van der Waals surface area contributed by atoms with Gasteiger partial charge in [0.25, 0.3) is 0 Å². The Morgan fingerprint density at radius 2 is 1.00 bits per heavy atom. The van der Waals surface area contributed by atoms with Crippen LogP contribution in [0, 0.1) is 0 Å². The van der Waals surface area contributed by atoms with Crippen LogP contribution in [-0.2, 0) is 0 Å². The number of rotatable bonds is 3. The Morgan fingerprint density at radius 1 is 0.727 bits per heavy atom. The van der Waals surface area contributed by atoms with Gasteiger partial charge < -0.3 is 0 Å². The van der Waals surface area contributed by atoms with Gasteiger partial charge in [-0.3, -0.25) is 0 Å². The SMILES string of the molecule is Br[Si](C1CC1)(C1CC1)C1CC1. The summed E-state index contributed by atoms with van der Waals surface area (Å²) in [6.45, 7) is -0.836. The van der Waals surface area contributed by atoms with Crippen LogP contribution in [0.3, 0.4) is 0 Å². The molecular weight excluding hydrogens is 216 g/mol. The summed E-state index contributed by atoms with van der Waals surface area (Å²) in [5.41, 5.74) is 3.63. The molecule has 0 radical (unpaired) electrons. The Morgan fingerprint density at radius 3 is 1.18 bits per heavy atom. The Kier molecular flexibility index (Phi) is 1.39. The van der Waals surface area contributed by atoms with Gasteiger partial charge in [-0.1, -0.05) is 38.5 Å². The molecule has 3 aliphatic carbocycles. The minimum Gasteiger partial charge on any atom is -0.125 e. The van der Waals surface area contributed by atoms with Crippen LogP contribution in [0.4, 0.5) is 0 Å². The highest BCUT2D eigenvalue weighted by Crippen LogP contribution is 2.70. The third-order valence-corrected chi connectivity index (χ3v) is 14.9. The summed E-state index contributed by atoms with van der Waals surface area (Å²) in [7, 11) is 0. The van der Waals surface area contributed by atoms with Crippen molar-refractivity contribution in [2.45, 2.75) is 55.1 Å². The molecule has 0 N–H and O–H groups in total. The second kappa shape index (κ2) is 2.14. The molecule has 3 aliphatic rings. The second-order valence-electron chi connectivity index (χ2n) is 4.65. The smallest absolute Gasteiger partial charge is 0.125 e. The third kappa shape index (κ3) is 1.05. The van der Waals surface area contributed by atoms with Gasteiger partial charge >= 0.3 is 0 Å². The van der Waals surface area contributed by atoms with E-state index in [9.17, 15) is 0 Å². The highest BCUT2D eigenvalue weighted by atomic mass is 79.9. The largest absolute Gasteiger partial charge is 0.139 e. The fraction of sp³-hybridized carbons (Fsp3) is 1.00. The fourth-order valence-electron chi connectivity index (χ4n) is 2.58. The lowest BCUT2D eigenvalue weighted by molar-refractivity contribution is 1.17. The maximum absolute atomic E-state index is 4.20. The molecule has 0 aromatic rings. The quantitative estimate of drug-likeness (QED) is 0.511. The van der Waals surface area contributed by atoms with Crippen molar-refractivity contribution in [2.24, 2.45) is 0 Å². The summed E-state index contributed by atoms with van der Waals surface area (Å²) in [6, 6.07) is 0. The molecule has 11 heavy (non-hydrogen) atoms. The van der Waals surface area contributed by atoms with E-state index in [1.807, 2.05) is 0 Å². The van der Waals surface area contributed by atoms with Gasteiger partial charge in [0.2, 0.25) is 0 Å². The molecule has 0 heterocycles. The molecule has 0 amide bonds. The first-order chi connectivity index (χ1) is 5.32. The van der Waals surface area contributed by atoms with Gasteiger partial charge in [0, 0.05) is 0 Å². The first kappa shape index (κ1) is 7.13. The van der Waals surface area contributed by atoms with E-state index in [2.05, 4.69) is 15.3 Å². The Balaban J connectivity index is 1.82. The van der Waals surface area contributed by atoms with Gasteiger partial charge in [0.05, 0.1) is 0 Å². The molecule has 2 heteroatoms. The fourth-order valence-corrected chi connectivity index (χ4v) is 11.9. The van der Waals surface area contributed by atoms with E-state index in [0.717, 1.165) is 0 Å². The average Bonchev–Trinajstić information content (AvgIpc) is 2.81. The maximum Gasteiger partial charge on any atom is 0.139 e. The summed E-state index contributed by atoms with van der Waals surface area (Å²) < 4.78 is 0. The average molecular weight is 231 g/mol. The van der Waals surface area contributed by atoms with Crippen molar-refractivity contribution < 1.29 is 0 Å². The molecule has 0 saturated heterocycles. The zero-order valence-corrected chi connectivity index (χ0v) is 9.44. The van der Waals surface area contributed by atoms with Crippen LogP contribution < -0.4 is 0 Å². The summed E-state index contributed by atoms with van der Waals surface area (Å²) in [5.74, 6) is 0. The minimum atomic E-state index is -0.836. The standard InChI is InChI=1S/C9H15BrSi/c10-11(7-1-2-7,8-3-4-8)9-5-6-9/h7-9H,1-6H2. The predicted molar refractivity (Wildman–Crippen MR) is 53.6 cm³/mol. The Labute approximate surface area is 77.3 Å². The molecule has 62 valence electrons. The number of hydrogen-bond donors (Lipinski definition) is 0. The normalized spacial score (nSPS) is 32.5. The van der Waals surface area contributed by atoms with Crippen LogP contribution in [0.5, 0.6) is 0 Å². The van der Waals surface area contributed by atoms with Gasteiger partial charge in [0.1, 0.15) is 6.69 Å². The second-order valence-corrected chi connectivity index (χ2v) is 12.9. The lowest BCUT2D eigenvalue weighted by Crippen LogP contribution is -2.27. The summed E-state index contributed by atoms with van der Waals surface area (Å²) in [5, 5.41) is 0. The van der Waals surface area contributed by atoms with Crippen molar-refractivity contribution in [2.75, 3.05) is 0 Å². The molecule has 0 nitrogen and oxygen atoms in total. The first-order valence-electron chi connectivity index (χ1n) is 5.00. The Hall–Kier alpha value is 0.697. The van der Waals surface area contributed by atoms with Crippen molar-refractivity contribution in [3.8, 4) is 0 Å². The molecule has 0 unspecified atom stereocenters. The van der Waals surface area contributed by atoms with Crippen molar-refractivity contribution in [1.29, 1.82) is 0 Å². The number of halogens is 1. The van der Waals surface area contributed by atoms with Crippen LogP contribution in [-0.4, -0.2) is 6.69 Å². The lowest BCUT2D eigenvalue weighted by atomic mass is 10.9. The Bertz CT molecular complexity index is 149. The predicted octanol–water partition coefficient (Wildman–Crippen LogP) is 3.82. The minimum absolute atomic E-state index is 0.836. The molecule has 0 atom stereocenters. The highest BCUT2D eigenvalue weighted by Gasteiger charge is 2.61. The zero-order valence-electron chi connectivity index (χ0n) is 6.85. The maximum atomic E-state index is 4.20. The van der Waals surface area contributed by atoms with Crippen LogP contribution in [0.2, 0.25) is 16.6 Å². The van der Waals surface area contributed by atoms with Gasteiger partial charge in [-0.25, -0.2) is 0 Å². The topological polar surface area (TPSA) is 0 Å². The van der Waals surface area contributed by atoms with Crippen molar-refractivity contribution in [3.05, 3.63) is 0 Å². The molecule has 0 aliphatic heterocycles. The van der Waals surface area contributed by atoms with E-state index >= 15 is 0 Å². The molecule has 0 aromatic heterocycles. The summed E-state index contributed by atoms with van der Waals surface area (Å²) in [6.07, 6.45) is 9.44. The summed E-state index contributed by atoms with van der Waals surface area (Å²) >= 11 is 4.20. The third-order valence-electron chi connectivity index (χ3n) is 3.61. The van der Waals surface area contributed by atoms with Crippen molar-refractivity contribution in [1.82, 2.24) is 0 Å². The number of hydrogen-bond acceptors (Lipinski definition) is 0. The van der Waals surface area contributed by atoms with E-state index < -0.39 is 6.69 Å². The van der Waals surface area contributed by atoms with Gasteiger partial charge in [0.15, 0.2) is 0 Å². The summed E-state index contributed by atoms with van der Waals surface area (Å²) in [4.78, 5) is 0. The van der Waals surface area contributed by atoms with E-state index in [1.165, 1.54) is 16.6 Å². The van der Waals surface area contributed by atoms with Crippen LogP contribution in [0.25, 0.3) is 0 Å². The lowest BCUT2D eigenvalue weighted by Gasteiger charge is -2.24. The van der Waals surface area contributed by atoms with Crippen LogP contribution >= 0.6 is 15.3 Å². The van der Waals surface area contributed by atoms with E-state index in [1.54, 1.807) is 38.5 Å². The molecule has 0 bridgehead atoms. The van der Waals surface area contributed by atoms with Crippen molar-refractivity contribution in [3.63, 3.8) is 0 Å². The molecule has 0 spiro atoms. The molecule has 3 fully saturated rings. The van der Waals surface area contributed by atoms with Crippen LogP contribution in [0.1, 0.15) is 38.5 Å². The monoisotopic (exact) mass is 230 g/mol. The molecule has 3 saturated carbocycles. The molecular formula is C9H15BrSi. The van der Waals surface area contributed by atoms with Gasteiger partial charge in [-0.2, -0.15) is 0 Å². The highest BCUT2D eigenvalue weighted by molar-refractivity contribution is 9.26. The van der Waals surface area contributed by atoms with E-state index in [0.29, 0.717) is 0 Å². The van der Waals surface area contributed by atoms with E-state index in [-0.39, 0.29) is 0 Å². The van der Waals surface area contributed by atoms with Crippen LogP contribution in [0.15, 0.2) is 0 Å². The van der Waals surface area contributed by atoms with Gasteiger partial charge in [-0.05, 0) is 16.6 Å². The van der Waals surface area contributed by atoms with Crippen molar-refractivity contribution >= 4 is 22.0 Å². The zero-order chi connectivity index (χ0) is 7.47. The molecule has 3 rings (SSSR count). The van der Waals surface area contributed by atoms with Gasteiger partial charge in [-0.15, -0.1) is 15.3 Å². The molecule has 0 aromatic carbocycles. The first-order valence-corrected chi connectivity index (χ1v) is 9.49. The van der Waals surface area contributed by atoms with E-state index in [4.69, 9.17) is 0 Å².